The molecule has 0 saturated carbocycles. The Kier molecular flexibility index (Phi) is 12.0. The summed E-state index contributed by atoms with van der Waals surface area (Å²) in [6.45, 7) is 11.2. The van der Waals surface area contributed by atoms with Crippen molar-refractivity contribution in [2.45, 2.75) is 51.7 Å². The Balaban J connectivity index is 1.76. The summed E-state index contributed by atoms with van der Waals surface area (Å²) in [5.41, 5.74) is -0.446. The van der Waals surface area contributed by atoms with E-state index in [1.807, 2.05) is 20.8 Å². The molecule has 0 aliphatic carbocycles. The molecule has 0 spiro atoms. The highest BCUT2D eigenvalue weighted by atomic mass is 16.6. The number of hydrogen-bond donors (Lipinski definition) is 1. The molecule has 0 aromatic carbocycles. The van der Waals surface area contributed by atoms with Crippen LogP contribution >= 0.6 is 0 Å². The zero-order valence-corrected chi connectivity index (χ0v) is 16.0. The van der Waals surface area contributed by atoms with Crippen molar-refractivity contribution >= 4 is 5.97 Å². The van der Waals surface area contributed by atoms with Crippen LogP contribution in [0.5, 0.6) is 0 Å². The Bertz CT molecular complexity index is 339. The molecule has 0 aromatic rings. The minimum Gasteiger partial charge on any atom is -0.460 e. The number of nitrogens with one attached hydrogen (secondary N) is 1. The third-order valence-electron chi connectivity index (χ3n) is 3.48. The molecule has 148 valence electrons. The second-order valence-corrected chi connectivity index (χ2v) is 6.99. The Labute approximate surface area is 151 Å². The van der Waals surface area contributed by atoms with Crippen LogP contribution in [0.15, 0.2) is 0 Å². The summed E-state index contributed by atoms with van der Waals surface area (Å²) in [6, 6.07) is 0. The first-order valence-electron chi connectivity index (χ1n) is 9.25. The maximum Gasteiger partial charge on any atom is 0.308 e. The highest BCUT2D eigenvalue weighted by Crippen LogP contribution is 2.08. The average molecular weight is 361 g/mol. The molecule has 1 saturated heterocycles. The number of carbonyl (C=O) groups excluding carboxylic acids is 1. The lowest BCUT2D eigenvalue weighted by molar-refractivity contribution is -0.156. The predicted octanol–water partition coefficient (Wildman–Crippen LogP) is 1.54. The summed E-state index contributed by atoms with van der Waals surface area (Å²) in [5, 5.41) is 3.31. The van der Waals surface area contributed by atoms with Gasteiger partial charge in [-0.15, -0.1) is 0 Å². The van der Waals surface area contributed by atoms with Crippen molar-refractivity contribution in [3.05, 3.63) is 0 Å². The normalized spacial score (nSPS) is 16.1. The zero-order valence-electron chi connectivity index (χ0n) is 16.0. The molecule has 0 unspecified atom stereocenters. The summed E-state index contributed by atoms with van der Waals surface area (Å²) in [5.74, 6) is -0.242. The van der Waals surface area contributed by atoms with Crippen molar-refractivity contribution in [3.63, 3.8) is 0 Å². The van der Waals surface area contributed by atoms with Gasteiger partial charge in [-0.3, -0.25) is 4.79 Å². The fourth-order valence-electron chi connectivity index (χ4n) is 2.33. The first-order chi connectivity index (χ1) is 12.0. The van der Waals surface area contributed by atoms with Gasteiger partial charge in [0.25, 0.3) is 0 Å². The quantitative estimate of drug-likeness (QED) is 0.394. The molecule has 25 heavy (non-hydrogen) atoms. The van der Waals surface area contributed by atoms with Gasteiger partial charge in [-0.2, -0.15) is 0 Å². The van der Waals surface area contributed by atoms with E-state index in [1.54, 1.807) is 0 Å². The zero-order chi connectivity index (χ0) is 18.4. The van der Waals surface area contributed by atoms with Crippen LogP contribution in [0.25, 0.3) is 0 Å². The average Bonchev–Trinajstić information content (AvgIpc) is 2.55. The maximum atomic E-state index is 11.5. The molecule has 1 fully saturated rings. The van der Waals surface area contributed by atoms with E-state index in [4.69, 9.17) is 23.7 Å². The summed E-state index contributed by atoms with van der Waals surface area (Å²) < 4.78 is 27.1. The number of carbonyl (C=O) groups is 1. The van der Waals surface area contributed by atoms with Crippen LogP contribution in [0.4, 0.5) is 0 Å². The van der Waals surface area contributed by atoms with Crippen LogP contribution in [0.1, 0.15) is 40.0 Å². The van der Waals surface area contributed by atoms with Gasteiger partial charge in [0.05, 0.1) is 58.8 Å². The van der Waals surface area contributed by atoms with E-state index in [-0.39, 0.29) is 12.4 Å². The molecule has 1 aliphatic rings. The molecule has 0 atom stereocenters. The smallest absolute Gasteiger partial charge is 0.308 e. The lowest BCUT2D eigenvalue weighted by Gasteiger charge is -2.22. The van der Waals surface area contributed by atoms with Crippen LogP contribution in [0, 0.1) is 0 Å². The summed E-state index contributed by atoms with van der Waals surface area (Å²) in [4.78, 5) is 11.5. The third-order valence-corrected chi connectivity index (χ3v) is 3.48. The van der Waals surface area contributed by atoms with Crippen LogP contribution in [-0.4, -0.2) is 77.0 Å². The lowest BCUT2D eigenvalue weighted by Crippen LogP contribution is -2.33. The van der Waals surface area contributed by atoms with Crippen molar-refractivity contribution in [3.8, 4) is 0 Å². The topological polar surface area (TPSA) is 75.3 Å². The highest BCUT2D eigenvalue weighted by Gasteiger charge is 2.15. The van der Waals surface area contributed by atoms with E-state index >= 15 is 0 Å². The van der Waals surface area contributed by atoms with E-state index in [9.17, 15) is 4.79 Å². The molecule has 7 nitrogen and oxygen atoms in total. The monoisotopic (exact) mass is 361 g/mol. The second-order valence-electron chi connectivity index (χ2n) is 6.99. The highest BCUT2D eigenvalue weighted by molar-refractivity contribution is 5.69. The number of ether oxygens (including phenoxy) is 5. The van der Waals surface area contributed by atoms with E-state index in [0.717, 1.165) is 25.9 Å². The number of rotatable bonds is 13. The van der Waals surface area contributed by atoms with Crippen LogP contribution in [-0.2, 0) is 28.5 Å². The number of hydrogen-bond acceptors (Lipinski definition) is 7. The van der Waals surface area contributed by atoms with Gasteiger partial charge in [-0.1, -0.05) is 0 Å². The van der Waals surface area contributed by atoms with Crippen molar-refractivity contribution in [2.75, 3.05) is 59.3 Å². The molecule has 1 rings (SSSR count). The van der Waals surface area contributed by atoms with Crippen molar-refractivity contribution in [1.82, 2.24) is 5.32 Å². The third kappa shape index (κ3) is 14.2. The van der Waals surface area contributed by atoms with Gasteiger partial charge < -0.3 is 29.0 Å². The summed E-state index contributed by atoms with van der Waals surface area (Å²) in [7, 11) is 0. The second kappa shape index (κ2) is 13.5. The fraction of sp³-hybridized carbons (Fsp3) is 0.944. The van der Waals surface area contributed by atoms with Crippen molar-refractivity contribution in [2.24, 2.45) is 0 Å². The maximum absolute atomic E-state index is 11.5. The van der Waals surface area contributed by atoms with E-state index in [2.05, 4.69) is 5.32 Å². The van der Waals surface area contributed by atoms with Gasteiger partial charge in [-0.05, 0) is 46.7 Å². The lowest BCUT2D eigenvalue weighted by atomic mass is 10.1. The largest absolute Gasteiger partial charge is 0.460 e. The first-order valence-corrected chi connectivity index (χ1v) is 9.25. The molecule has 0 radical (unpaired) electrons. The van der Waals surface area contributed by atoms with Gasteiger partial charge in [0.15, 0.2) is 0 Å². The van der Waals surface area contributed by atoms with Gasteiger partial charge in [0.2, 0.25) is 0 Å². The molecule has 0 bridgehead atoms. The molecule has 0 aromatic heterocycles. The molecular weight excluding hydrogens is 326 g/mol. The van der Waals surface area contributed by atoms with Gasteiger partial charge in [0, 0.05) is 0 Å². The van der Waals surface area contributed by atoms with Crippen LogP contribution in [0.3, 0.4) is 0 Å². The first kappa shape index (κ1) is 22.3. The Morgan fingerprint density at radius 1 is 0.880 bits per heavy atom. The SMILES string of the molecule is CC(C)(C)OC(=O)CCOCCOCCOCCOC1CCNCC1. The van der Waals surface area contributed by atoms with Gasteiger partial charge in [0.1, 0.15) is 5.60 Å². The fourth-order valence-corrected chi connectivity index (χ4v) is 2.33. The Morgan fingerprint density at radius 3 is 1.96 bits per heavy atom. The molecular formula is C18H35NO6. The van der Waals surface area contributed by atoms with E-state index < -0.39 is 5.60 Å². The van der Waals surface area contributed by atoms with E-state index in [0.29, 0.717) is 52.4 Å². The molecule has 0 amide bonds. The molecule has 1 N–H and O–H groups in total. The van der Waals surface area contributed by atoms with Crippen molar-refractivity contribution < 1.29 is 28.5 Å². The minimum atomic E-state index is -0.446. The predicted molar refractivity (Wildman–Crippen MR) is 94.8 cm³/mol. The summed E-state index contributed by atoms with van der Waals surface area (Å²) in [6.07, 6.45) is 2.80. The molecule has 1 heterocycles. The van der Waals surface area contributed by atoms with Crippen LogP contribution < -0.4 is 5.32 Å². The standard InChI is InChI=1S/C18H35NO6/c1-18(2,3)25-17(20)6-9-21-10-11-22-12-13-23-14-15-24-16-4-7-19-8-5-16/h16,19H,4-15H2,1-3H3. The molecule has 7 heteroatoms. The minimum absolute atomic E-state index is 0.242. The Morgan fingerprint density at radius 2 is 1.40 bits per heavy atom. The van der Waals surface area contributed by atoms with Crippen molar-refractivity contribution in [1.29, 1.82) is 0 Å². The van der Waals surface area contributed by atoms with Crippen LogP contribution in [0.2, 0.25) is 0 Å². The number of esters is 1. The Hall–Kier alpha value is -0.730. The summed E-state index contributed by atoms with van der Waals surface area (Å²) >= 11 is 0. The van der Waals surface area contributed by atoms with Gasteiger partial charge in [-0.25, -0.2) is 0 Å². The molecule has 1 aliphatic heterocycles. The van der Waals surface area contributed by atoms with Gasteiger partial charge >= 0.3 is 5.97 Å². The number of piperidine rings is 1. The van der Waals surface area contributed by atoms with E-state index in [1.165, 1.54) is 0 Å².